The van der Waals surface area contributed by atoms with Crippen LogP contribution in [-0.2, 0) is 4.74 Å². The molecule has 1 aromatic rings. The summed E-state index contributed by atoms with van der Waals surface area (Å²) >= 11 is 0. The molecule has 0 saturated carbocycles. The van der Waals surface area contributed by atoms with Gasteiger partial charge in [0.15, 0.2) is 0 Å². The molecule has 1 atom stereocenters. The molecule has 0 aromatic heterocycles. The van der Waals surface area contributed by atoms with Gasteiger partial charge < -0.3 is 21.1 Å². The fourth-order valence-corrected chi connectivity index (χ4v) is 1.64. The molecule has 0 aliphatic rings. The Morgan fingerprint density at radius 3 is 2.83 bits per heavy atom. The van der Waals surface area contributed by atoms with Gasteiger partial charge in [-0.25, -0.2) is 0 Å². The zero-order valence-electron chi connectivity index (χ0n) is 11.1. The van der Waals surface area contributed by atoms with Crippen LogP contribution in [0.25, 0.3) is 0 Å². The Morgan fingerprint density at radius 1 is 1.50 bits per heavy atom. The molecule has 1 rings (SSSR count). The number of hydrogen-bond acceptors (Lipinski definition) is 4. The van der Waals surface area contributed by atoms with Gasteiger partial charge in [-0.05, 0) is 32.0 Å². The first-order valence-electron chi connectivity index (χ1n) is 6.01. The maximum absolute atomic E-state index is 11.7. The van der Waals surface area contributed by atoms with Gasteiger partial charge in [-0.1, -0.05) is 0 Å². The Morgan fingerprint density at radius 2 is 2.22 bits per heavy atom. The lowest BCUT2D eigenvalue weighted by molar-refractivity contribution is 0.0956. The van der Waals surface area contributed by atoms with Crippen molar-refractivity contribution in [3.63, 3.8) is 0 Å². The molecule has 100 valence electrons. The minimum absolute atomic E-state index is 0.0973. The van der Waals surface area contributed by atoms with Crippen molar-refractivity contribution in [2.75, 3.05) is 31.3 Å². The first-order chi connectivity index (χ1) is 8.58. The Hall–Kier alpha value is -1.75. The van der Waals surface area contributed by atoms with E-state index in [9.17, 15) is 4.79 Å². The molecule has 5 heteroatoms. The number of ether oxygens (including phenoxy) is 1. The fourth-order valence-electron chi connectivity index (χ4n) is 1.64. The standard InChI is InChI=1S/C13H21N3O2/c1-4-15-13(17)10-5-6-11(14)12(7-10)16-9(2)8-18-3/h5-7,9,16H,4,8,14H2,1-3H3,(H,15,17). The van der Waals surface area contributed by atoms with Gasteiger partial charge in [-0.3, -0.25) is 4.79 Å². The van der Waals surface area contributed by atoms with Crippen LogP contribution in [0.1, 0.15) is 24.2 Å². The second kappa shape index (κ2) is 6.86. The molecule has 18 heavy (non-hydrogen) atoms. The maximum atomic E-state index is 11.7. The van der Waals surface area contributed by atoms with Crippen molar-refractivity contribution < 1.29 is 9.53 Å². The molecule has 0 aliphatic heterocycles. The van der Waals surface area contributed by atoms with Crippen LogP contribution in [0.2, 0.25) is 0 Å². The zero-order chi connectivity index (χ0) is 13.5. The molecule has 0 radical (unpaired) electrons. The van der Waals surface area contributed by atoms with Crippen LogP contribution in [0.3, 0.4) is 0 Å². The Labute approximate surface area is 108 Å². The molecule has 0 spiro atoms. The van der Waals surface area contributed by atoms with Crippen molar-refractivity contribution in [2.45, 2.75) is 19.9 Å². The highest BCUT2D eigenvalue weighted by Crippen LogP contribution is 2.21. The molecule has 1 unspecified atom stereocenters. The quantitative estimate of drug-likeness (QED) is 0.669. The Bertz CT molecular complexity index is 407. The van der Waals surface area contributed by atoms with Gasteiger partial charge in [0.25, 0.3) is 5.91 Å². The van der Waals surface area contributed by atoms with Gasteiger partial charge in [-0.2, -0.15) is 0 Å². The lowest BCUT2D eigenvalue weighted by Crippen LogP contribution is -2.24. The van der Waals surface area contributed by atoms with Crippen LogP contribution in [0.15, 0.2) is 18.2 Å². The van der Waals surface area contributed by atoms with Crippen LogP contribution in [0.4, 0.5) is 11.4 Å². The van der Waals surface area contributed by atoms with E-state index < -0.39 is 0 Å². The predicted molar refractivity (Wildman–Crippen MR) is 73.8 cm³/mol. The van der Waals surface area contributed by atoms with Crippen molar-refractivity contribution >= 4 is 17.3 Å². The number of carbonyl (C=O) groups is 1. The third-order valence-corrected chi connectivity index (χ3v) is 2.47. The third kappa shape index (κ3) is 3.92. The first-order valence-corrected chi connectivity index (χ1v) is 6.01. The number of methoxy groups -OCH3 is 1. The number of hydrogen-bond donors (Lipinski definition) is 3. The summed E-state index contributed by atoms with van der Waals surface area (Å²) in [5.41, 5.74) is 7.84. The van der Waals surface area contributed by atoms with Gasteiger partial charge in [0.2, 0.25) is 0 Å². The first kappa shape index (κ1) is 14.3. The minimum Gasteiger partial charge on any atom is -0.397 e. The molecule has 4 N–H and O–H groups in total. The predicted octanol–water partition coefficient (Wildman–Crippen LogP) is 1.47. The van der Waals surface area contributed by atoms with Crippen LogP contribution >= 0.6 is 0 Å². The number of nitrogens with two attached hydrogens (primary N) is 1. The fraction of sp³-hybridized carbons (Fsp3) is 0.462. The van der Waals surface area contributed by atoms with Crippen molar-refractivity contribution in [1.82, 2.24) is 5.32 Å². The second-order valence-electron chi connectivity index (χ2n) is 4.16. The average Bonchev–Trinajstić information content (AvgIpc) is 2.32. The van der Waals surface area contributed by atoms with Crippen molar-refractivity contribution in [3.05, 3.63) is 23.8 Å². The van der Waals surface area contributed by atoms with Crippen molar-refractivity contribution in [2.24, 2.45) is 0 Å². The zero-order valence-corrected chi connectivity index (χ0v) is 11.1. The van der Waals surface area contributed by atoms with Crippen molar-refractivity contribution in [1.29, 1.82) is 0 Å². The number of nitrogens with one attached hydrogen (secondary N) is 2. The Balaban J connectivity index is 2.84. The van der Waals surface area contributed by atoms with E-state index in [4.69, 9.17) is 10.5 Å². The monoisotopic (exact) mass is 251 g/mol. The van der Waals surface area contributed by atoms with E-state index in [2.05, 4.69) is 10.6 Å². The maximum Gasteiger partial charge on any atom is 0.251 e. The summed E-state index contributed by atoms with van der Waals surface area (Å²) < 4.78 is 5.05. The van der Waals surface area contributed by atoms with E-state index in [1.54, 1.807) is 25.3 Å². The molecular weight excluding hydrogens is 230 g/mol. The normalized spacial score (nSPS) is 11.9. The number of rotatable bonds is 6. The summed E-state index contributed by atoms with van der Waals surface area (Å²) in [4.78, 5) is 11.7. The minimum atomic E-state index is -0.0973. The van der Waals surface area contributed by atoms with E-state index >= 15 is 0 Å². The molecule has 1 aromatic carbocycles. The lowest BCUT2D eigenvalue weighted by atomic mass is 10.1. The van der Waals surface area contributed by atoms with Gasteiger partial charge >= 0.3 is 0 Å². The van der Waals surface area contributed by atoms with Gasteiger partial charge in [0.05, 0.1) is 18.0 Å². The topological polar surface area (TPSA) is 76.4 Å². The second-order valence-corrected chi connectivity index (χ2v) is 4.16. The van der Waals surface area contributed by atoms with Crippen LogP contribution in [0.5, 0.6) is 0 Å². The largest absolute Gasteiger partial charge is 0.397 e. The number of amides is 1. The number of nitrogen functional groups attached to an aromatic ring is 1. The molecular formula is C13H21N3O2. The van der Waals surface area contributed by atoms with Crippen molar-refractivity contribution in [3.8, 4) is 0 Å². The number of anilines is 2. The molecule has 0 bridgehead atoms. The lowest BCUT2D eigenvalue weighted by Gasteiger charge is -2.16. The Kier molecular flexibility index (Phi) is 5.45. The molecule has 5 nitrogen and oxygen atoms in total. The smallest absolute Gasteiger partial charge is 0.251 e. The van der Waals surface area contributed by atoms with Gasteiger partial charge in [0.1, 0.15) is 0 Å². The van der Waals surface area contributed by atoms with E-state index in [0.717, 1.165) is 5.69 Å². The molecule has 1 amide bonds. The summed E-state index contributed by atoms with van der Waals surface area (Å²) in [5, 5.41) is 5.97. The molecule has 0 fully saturated rings. The highest BCUT2D eigenvalue weighted by atomic mass is 16.5. The summed E-state index contributed by atoms with van der Waals surface area (Å²) in [5.74, 6) is -0.0973. The SMILES string of the molecule is CCNC(=O)c1ccc(N)c(NC(C)COC)c1. The average molecular weight is 251 g/mol. The van der Waals surface area contributed by atoms with E-state index in [1.807, 2.05) is 13.8 Å². The van der Waals surface area contributed by atoms with Gasteiger partial charge in [0, 0.05) is 25.3 Å². The third-order valence-electron chi connectivity index (χ3n) is 2.47. The number of carbonyl (C=O) groups excluding carboxylic acids is 1. The molecule has 0 aliphatic carbocycles. The van der Waals surface area contributed by atoms with Gasteiger partial charge in [-0.15, -0.1) is 0 Å². The van der Waals surface area contributed by atoms with E-state index in [-0.39, 0.29) is 11.9 Å². The highest BCUT2D eigenvalue weighted by Gasteiger charge is 2.09. The van der Waals surface area contributed by atoms with E-state index in [1.165, 1.54) is 0 Å². The van der Waals surface area contributed by atoms with Crippen LogP contribution in [-0.4, -0.2) is 32.2 Å². The summed E-state index contributed by atoms with van der Waals surface area (Å²) in [6.07, 6.45) is 0. The van der Waals surface area contributed by atoms with E-state index in [0.29, 0.717) is 24.4 Å². The van der Waals surface area contributed by atoms with Crippen LogP contribution < -0.4 is 16.4 Å². The highest BCUT2D eigenvalue weighted by molar-refractivity contribution is 5.96. The summed E-state index contributed by atoms with van der Waals surface area (Å²) in [6.45, 7) is 5.05. The number of benzene rings is 1. The summed E-state index contributed by atoms with van der Waals surface area (Å²) in [7, 11) is 1.65. The summed E-state index contributed by atoms with van der Waals surface area (Å²) in [6, 6.07) is 5.33. The molecule has 0 saturated heterocycles. The molecule has 0 heterocycles. The van der Waals surface area contributed by atoms with Crippen LogP contribution in [0, 0.1) is 0 Å².